The molecule has 0 saturated carbocycles. The molecule has 0 radical (unpaired) electrons. The maximum absolute atomic E-state index is 12.5. The van der Waals surface area contributed by atoms with E-state index in [2.05, 4.69) is 57.0 Å². The summed E-state index contributed by atoms with van der Waals surface area (Å²) in [6, 6.07) is 8.42. The highest BCUT2D eigenvalue weighted by atomic mass is 16.3. The molecule has 1 N–H and O–H groups in total. The third-order valence-electron chi connectivity index (χ3n) is 5.78. The molecule has 0 unspecified atom stereocenters. The maximum Gasteiger partial charge on any atom is 0.255 e. The van der Waals surface area contributed by atoms with Gasteiger partial charge in [0.25, 0.3) is 5.91 Å². The molecule has 1 aromatic carbocycles. The second kappa shape index (κ2) is 8.44. The molecule has 1 aliphatic rings. The number of rotatable bonds is 5. The highest BCUT2D eigenvalue weighted by Gasteiger charge is 2.20. The van der Waals surface area contributed by atoms with Crippen LogP contribution in [0, 0.1) is 27.7 Å². The molecular weight excluding hydrogens is 378 g/mol. The number of hydrogen-bond donors (Lipinski definition) is 1. The molecule has 7 heteroatoms. The van der Waals surface area contributed by atoms with Crippen LogP contribution in [-0.2, 0) is 26.1 Å². The van der Waals surface area contributed by atoms with E-state index in [4.69, 9.17) is 4.42 Å². The molecule has 2 aromatic heterocycles. The fourth-order valence-electron chi connectivity index (χ4n) is 4.09. The molecule has 0 spiro atoms. The van der Waals surface area contributed by atoms with Crippen LogP contribution in [0.25, 0.3) is 0 Å². The van der Waals surface area contributed by atoms with Crippen LogP contribution in [0.4, 0.5) is 0 Å². The van der Waals surface area contributed by atoms with Crippen molar-refractivity contribution in [1.29, 1.82) is 0 Å². The Morgan fingerprint density at radius 1 is 1.10 bits per heavy atom. The van der Waals surface area contributed by atoms with Crippen molar-refractivity contribution in [3.05, 3.63) is 69.7 Å². The van der Waals surface area contributed by atoms with Crippen LogP contribution in [0.3, 0.4) is 0 Å². The monoisotopic (exact) mass is 407 g/mol. The molecule has 30 heavy (non-hydrogen) atoms. The Hall–Kier alpha value is -2.93. The van der Waals surface area contributed by atoms with Gasteiger partial charge in [0.1, 0.15) is 17.3 Å². The van der Waals surface area contributed by atoms with Crippen LogP contribution in [0.2, 0.25) is 0 Å². The molecule has 0 atom stereocenters. The van der Waals surface area contributed by atoms with Crippen LogP contribution >= 0.6 is 0 Å². The van der Waals surface area contributed by atoms with E-state index < -0.39 is 0 Å². The van der Waals surface area contributed by atoms with Gasteiger partial charge in [-0.15, -0.1) is 10.2 Å². The molecular formula is C23H29N5O2. The Morgan fingerprint density at radius 2 is 1.93 bits per heavy atom. The molecule has 0 aliphatic carbocycles. The number of carbonyl (C=O) groups excluding carboxylic acids is 1. The Morgan fingerprint density at radius 3 is 2.67 bits per heavy atom. The first kappa shape index (κ1) is 20.3. The fourth-order valence-corrected chi connectivity index (χ4v) is 4.09. The average Bonchev–Trinajstić information content (AvgIpc) is 3.18. The van der Waals surface area contributed by atoms with Crippen molar-refractivity contribution in [2.24, 2.45) is 0 Å². The van der Waals surface area contributed by atoms with E-state index in [0.29, 0.717) is 17.9 Å². The number of carbonyl (C=O) groups is 1. The maximum atomic E-state index is 12.5. The fraction of sp³-hybridized carbons (Fsp3) is 0.435. The van der Waals surface area contributed by atoms with Crippen molar-refractivity contribution in [3.63, 3.8) is 0 Å². The Kier molecular flexibility index (Phi) is 5.72. The lowest BCUT2D eigenvalue weighted by atomic mass is 10.1. The van der Waals surface area contributed by atoms with Crippen molar-refractivity contribution in [2.45, 2.75) is 53.8 Å². The normalized spacial score (nSPS) is 14.4. The van der Waals surface area contributed by atoms with E-state index in [1.54, 1.807) is 13.0 Å². The SMILES string of the molecule is Cc1ccc(CN2CCc3nnc(CNC(=O)c4cc(C)oc4C)n3CC2)c(C)c1. The first-order valence-corrected chi connectivity index (χ1v) is 10.5. The molecule has 7 nitrogen and oxygen atoms in total. The molecule has 0 saturated heterocycles. The minimum absolute atomic E-state index is 0.146. The number of hydrogen-bond acceptors (Lipinski definition) is 5. The largest absolute Gasteiger partial charge is 0.466 e. The summed E-state index contributed by atoms with van der Waals surface area (Å²) in [4.78, 5) is 14.9. The number of aryl methyl sites for hydroxylation is 4. The summed E-state index contributed by atoms with van der Waals surface area (Å²) in [5.74, 6) is 3.00. The first-order chi connectivity index (χ1) is 14.4. The lowest BCUT2D eigenvalue weighted by molar-refractivity contribution is 0.0948. The van der Waals surface area contributed by atoms with Gasteiger partial charge >= 0.3 is 0 Å². The Balaban J connectivity index is 1.39. The number of fused-ring (bicyclic) bond motifs is 1. The van der Waals surface area contributed by atoms with Gasteiger partial charge < -0.3 is 14.3 Å². The summed E-state index contributed by atoms with van der Waals surface area (Å²) < 4.78 is 7.60. The smallest absolute Gasteiger partial charge is 0.255 e. The highest BCUT2D eigenvalue weighted by Crippen LogP contribution is 2.17. The molecule has 1 amide bonds. The predicted molar refractivity (Wildman–Crippen MR) is 114 cm³/mol. The minimum Gasteiger partial charge on any atom is -0.466 e. The third-order valence-corrected chi connectivity index (χ3v) is 5.78. The molecule has 4 rings (SSSR count). The zero-order chi connectivity index (χ0) is 21.3. The number of benzene rings is 1. The van der Waals surface area contributed by atoms with Crippen molar-refractivity contribution in [3.8, 4) is 0 Å². The van der Waals surface area contributed by atoms with Crippen LogP contribution in [0.1, 0.15) is 50.2 Å². The second-order valence-corrected chi connectivity index (χ2v) is 8.15. The average molecular weight is 408 g/mol. The van der Waals surface area contributed by atoms with Gasteiger partial charge in [-0.05, 0) is 44.9 Å². The minimum atomic E-state index is -0.146. The van der Waals surface area contributed by atoms with E-state index in [-0.39, 0.29) is 5.91 Å². The molecule has 0 bridgehead atoms. The summed E-state index contributed by atoms with van der Waals surface area (Å²) in [6.45, 7) is 11.9. The van der Waals surface area contributed by atoms with Crippen molar-refractivity contribution < 1.29 is 9.21 Å². The Labute approximate surface area is 177 Å². The van der Waals surface area contributed by atoms with Gasteiger partial charge in [-0.25, -0.2) is 0 Å². The summed E-state index contributed by atoms with van der Waals surface area (Å²) in [7, 11) is 0. The van der Waals surface area contributed by atoms with Gasteiger partial charge in [-0.1, -0.05) is 23.8 Å². The number of aromatic nitrogens is 3. The summed E-state index contributed by atoms with van der Waals surface area (Å²) in [5, 5.41) is 11.7. The predicted octanol–water partition coefficient (Wildman–Crippen LogP) is 3.09. The third kappa shape index (κ3) is 4.31. The van der Waals surface area contributed by atoms with E-state index >= 15 is 0 Å². The second-order valence-electron chi connectivity index (χ2n) is 8.15. The molecule has 158 valence electrons. The Bertz CT molecular complexity index is 1070. The van der Waals surface area contributed by atoms with Crippen molar-refractivity contribution in [1.82, 2.24) is 25.0 Å². The number of furan rings is 1. The molecule has 3 heterocycles. The van der Waals surface area contributed by atoms with E-state index in [0.717, 1.165) is 50.0 Å². The standard InChI is InChI=1S/C23H29N5O2/c1-15-5-6-19(16(2)11-15)14-27-8-7-21-25-26-22(28(21)10-9-27)13-24-23(29)20-12-17(3)30-18(20)4/h5-6,11-12H,7-10,13-14H2,1-4H3,(H,24,29). The van der Waals surface area contributed by atoms with Gasteiger partial charge in [0.2, 0.25) is 0 Å². The van der Waals surface area contributed by atoms with E-state index in [1.807, 2.05) is 6.92 Å². The highest BCUT2D eigenvalue weighted by molar-refractivity contribution is 5.95. The lowest BCUT2D eigenvalue weighted by Gasteiger charge is -2.21. The summed E-state index contributed by atoms with van der Waals surface area (Å²) in [6.07, 6.45) is 0.853. The topological polar surface area (TPSA) is 76.2 Å². The quantitative estimate of drug-likeness (QED) is 0.703. The van der Waals surface area contributed by atoms with Crippen LogP contribution < -0.4 is 5.32 Å². The van der Waals surface area contributed by atoms with Gasteiger partial charge in [0.15, 0.2) is 5.82 Å². The first-order valence-electron chi connectivity index (χ1n) is 10.5. The zero-order valence-electron chi connectivity index (χ0n) is 18.2. The molecule has 0 fully saturated rings. The number of nitrogens with zero attached hydrogens (tertiary/aromatic N) is 4. The molecule has 1 aliphatic heterocycles. The molecule has 3 aromatic rings. The van der Waals surface area contributed by atoms with Crippen LogP contribution in [-0.4, -0.2) is 38.7 Å². The van der Waals surface area contributed by atoms with Crippen molar-refractivity contribution in [2.75, 3.05) is 13.1 Å². The number of amides is 1. The zero-order valence-corrected chi connectivity index (χ0v) is 18.2. The van der Waals surface area contributed by atoms with Crippen LogP contribution in [0.5, 0.6) is 0 Å². The van der Waals surface area contributed by atoms with E-state index in [1.165, 1.54) is 16.7 Å². The number of nitrogens with one attached hydrogen (secondary N) is 1. The van der Waals surface area contributed by atoms with Crippen molar-refractivity contribution >= 4 is 5.91 Å². The van der Waals surface area contributed by atoms with Gasteiger partial charge in [0, 0.05) is 32.6 Å². The summed E-state index contributed by atoms with van der Waals surface area (Å²) >= 11 is 0. The van der Waals surface area contributed by atoms with E-state index in [9.17, 15) is 4.79 Å². The van der Waals surface area contributed by atoms with Gasteiger partial charge in [-0.3, -0.25) is 9.69 Å². The van der Waals surface area contributed by atoms with Gasteiger partial charge in [0.05, 0.1) is 12.1 Å². The van der Waals surface area contributed by atoms with Crippen LogP contribution in [0.15, 0.2) is 28.7 Å². The summed E-state index contributed by atoms with van der Waals surface area (Å²) in [5.41, 5.74) is 4.58. The lowest BCUT2D eigenvalue weighted by Crippen LogP contribution is -2.28. The van der Waals surface area contributed by atoms with Gasteiger partial charge in [-0.2, -0.15) is 0 Å².